The standard InChI is InChI=1S/C16H21N3/c1-3-5-6-14-7-9-15(10-8-14)18-16-17-11-13-19(16)12-4-2/h4,7-11,13H,2-3,5-6,12H2,1H3,(H,17,18). The molecule has 3 nitrogen and oxygen atoms in total. The van der Waals surface area contributed by atoms with Crippen LogP contribution >= 0.6 is 0 Å². The zero-order valence-corrected chi connectivity index (χ0v) is 11.5. The first-order valence-corrected chi connectivity index (χ1v) is 6.81. The lowest BCUT2D eigenvalue weighted by Gasteiger charge is -2.08. The van der Waals surface area contributed by atoms with Crippen LogP contribution in [0, 0.1) is 0 Å². The molecular weight excluding hydrogens is 234 g/mol. The molecule has 3 heteroatoms. The Kier molecular flexibility index (Phi) is 4.78. The van der Waals surface area contributed by atoms with Gasteiger partial charge in [-0.2, -0.15) is 0 Å². The normalized spacial score (nSPS) is 10.4. The van der Waals surface area contributed by atoms with Crippen LogP contribution < -0.4 is 5.32 Å². The third-order valence-corrected chi connectivity index (χ3v) is 3.07. The van der Waals surface area contributed by atoms with E-state index in [0.717, 1.165) is 24.6 Å². The van der Waals surface area contributed by atoms with Gasteiger partial charge in [0, 0.05) is 24.6 Å². The molecule has 2 rings (SSSR count). The summed E-state index contributed by atoms with van der Waals surface area (Å²) in [6, 6.07) is 8.58. The highest BCUT2D eigenvalue weighted by atomic mass is 15.2. The van der Waals surface area contributed by atoms with Gasteiger partial charge in [-0.05, 0) is 30.5 Å². The van der Waals surface area contributed by atoms with Gasteiger partial charge in [0.05, 0.1) is 0 Å². The van der Waals surface area contributed by atoms with Gasteiger partial charge in [0.25, 0.3) is 0 Å². The Bertz CT molecular complexity index is 511. The van der Waals surface area contributed by atoms with Gasteiger partial charge in [0.2, 0.25) is 5.95 Å². The minimum Gasteiger partial charge on any atom is -0.326 e. The molecular formula is C16H21N3. The van der Waals surface area contributed by atoms with Gasteiger partial charge in [0.15, 0.2) is 0 Å². The van der Waals surface area contributed by atoms with Crippen LogP contribution in [0.2, 0.25) is 0 Å². The van der Waals surface area contributed by atoms with E-state index in [1.165, 1.54) is 18.4 Å². The Balaban J connectivity index is 2.02. The summed E-state index contributed by atoms with van der Waals surface area (Å²) < 4.78 is 2.03. The van der Waals surface area contributed by atoms with Gasteiger partial charge in [-0.3, -0.25) is 0 Å². The van der Waals surface area contributed by atoms with Crippen molar-refractivity contribution in [2.45, 2.75) is 32.7 Å². The molecule has 0 bridgehead atoms. The smallest absolute Gasteiger partial charge is 0.207 e. The van der Waals surface area contributed by atoms with Crippen molar-refractivity contribution in [3.05, 3.63) is 54.9 Å². The lowest BCUT2D eigenvalue weighted by molar-refractivity contribution is 0.795. The Hall–Kier alpha value is -2.03. The van der Waals surface area contributed by atoms with Crippen molar-refractivity contribution >= 4 is 11.6 Å². The minimum atomic E-state index is 0.761. The summed E-state index contributed by atoms with van der Waals surface area (Å²) in [4.78, 5) is 4.31. The van der Waals surface area contributed by atoms with E-state index in [-0.39, 0.29) is 0 Å². The number of imidazole rings is 1. The summed E-state index contributed by atoms with van der Waals surface area (Å²) in [7, 11) is 0. The summed E-state index contributed by atoms with van der Waals surface area (Å²) in [6.45, 7) is 6.73. The van der Waals surface area contributed by atoms with Gasteiger partial charge in [-0.15, -0.1) is 6.58 Å². The fourth-order valence-electron chi connectivity index (χ4n) is 1.98. The van der Waals surface area contributed by atoms with Crippen molar-refractivity contribution in [3.8, 4) is 0 Å². The predicted octanol–water partition coefficient (Wildman–Crippen LogP) is 4.16. The molecule has 0 unspecified atom stereocenters. The van der Waals surface area contributed by atoms with Crippen molar-refractivity contribution in [1.82, 2.24) is 9.55 Å². The molecule has 0 amide bonds. The molecule has 0 aliphatic rings. The van der Waals surface area contributed by atoms with Gasteiger partial charge in [-0.25, -0.2) is 4.98 Å². The van der Waals surface area contributed by atoms with Crippen molar-refractivity contribution in [2.24, 2.45) is 0 Å². The Morgan fingerprint density at radius 2 is 2.11 bits per heavy atom. The van der Waals surface area contributed by atoms with E-state index in [0.29, 0.717) is 0 Å². The molecule has 1 aromatic carbocycles. The van der Waals surface area contributed by atoms with E-state index < -0.39 is 0 Å². The van der Waals surface area contributed by atoms with Crippen LogP contribution in [0.1, 0.15) is 25.3 Å². The van der Waals surface area contributed by atoms with Gasteiger partial charge in [-0.1, -0.05) is 31.6 Å². The van der Waals surface area contributed by atoms with Crippen molar-refractivity contribution in [3.63, 3.8) is 0 Å². The fourth-order valence-corrected chi connectivity index (χ4v) is 1.98. The Labute approximate surface area is 115 Å². The molecule has 0 aliphatic heterocycles. The number of allylic oxidation sites excluding steroid dienone is 1. The quantitative estimate of drug-likeness (QED) is 0.753. The second-order valence-corrected chi connectivity index (χ2v) is 4.62. The third-order valence-electron chi connectivity index (χ3n) is 3.07. The lowest BCUT2D eigenvalue weighted by Crippen LogP contribution is -2.01. The molecule has 1 N–H and O–H groups in total. The predicted molar refractivity (Wildman–Crippen MR) is 80.8 cm³/mol. The van der Waals surface area contributed by atoms with Crippen LogP contribution in [0.4, 0.5) is 11.6 Å². The number of hydrogen-bond donors (Lipinski definition) is 1. The molecule has 0 fully saturated rings. The number of benzene rings is 1. The van der Waals surface area contributed by atoms with Crippen LogP contribution in [-0.4, -0.2) is 9.55 Å². The minimum absolute atomic E-state index is 0.761. The first-order chi connectivity index (χ1) is 9.33. The third kappa shape index (κ3) is 3.71. The van der Waals surface area contributed by atoms with Crippen molar-refractivity contribution < 1.29 is 0 Å². The summed E-state index contributed by atoms with van der Waals surface area (Å²) in [5.41, 5.74) is 2.46. The number of aryl methyl sites for hydroxylation is 1. The second-order valence-electron chi connectivity index (χ2n) is 4.62. The zero-order chi connectivity index (χ0) is 13.5. The first kappa shape index (κ1) is 13.4. The van der Waals surface area contributed by atoms with E-state index in [4.69, 9.17) is 0 Å². The van der Waals surface area contributed by atoms with E-state index >= 15 is 0 Å². The fraction of sp³-hybridized carbons (Fsp3) is 0.312. The molecule has 0 saturated heterocycles. The molecule has 0 radical (unpaired) electrons. The average Bonchev–Trinajstić information content (AvgIpc) is 2.86. The summed E-state index contributed by atoms with van der Waals surface area (Å²) in [5, 5.41) is 3.32. The highest BCUT2D eigenvalue weighted by Gasteiger charge is 2.01. The van der Waals surface area contributed by atoms with E-state index in [2.05, 4.69) is 48.1 Å². The molecule has 19 heavy (non-hydrogen) atoms. The van der Waals surface area contributed by atoms with Crippen LogP contribution in [0.15, 0.2) is 49.3 Å². The molecule has 1 heterocycles. The van der Waals surface area contributed by atoms with Crippen molar-refractivity contribution in [2.75, 3.05) is 5.32 Å². The maximum atomic E-state index is 4.31. The summed E-state index contributed by atoms with van der Waals surface area (Å²) in [5.74, 6) is 0.848. The summed E-state index contributed by atoms with van der Waals surface area (Å²) in [6.07, 6.45) is 9.24. The molecule has 1 aromatic heterocycles. The van der Waals surface area contributed by atoms with Gasteiger partial charge in [0.1, 0.15) is 0 Å². The highest BCUT2D eigenvalue weighted by molar-refractivity contribution is 5.54. The average molecular weight is 255 g/mol. The number of anilines is 2. The second kappa shape index (κ2) is 6.78. The van der Waals surface area contributed by atoms with Gasteiger partial charge >= 0.3 is 0 Å². The molecule has 0 aliphatic carbocycles. The topological polar surface area (TPSA) is 29.9 Å². The van der Waals surface area contributed by atoms with Crippen LogP contribution in [0.5, 0.6) is 0 Å². The van der Waals surface area contributed by atoms with Crippen LogP contribution in [0.3, 0.4) is 0 Å². The van der Waals surface area contributed by atoms with E-state index in [1.54, 1.807) is 6.20 Å². The number of nitrogens with one attached hydrogen (secondary N) is 1. The van der Waals surface area contributed by atoms with Crippen molar-refractivity contribution in [1.29, 1.82) is 0 Å². The van der Waals surface area contributed by atoms with Crippen LogP contribution in [-0.2, 0) is 13.0 Å². The molecule has 0 atom stereocenters. The summed E-state index contributed by atoms with van der Waals surface area (Å²) >= 11 is 0. The lowest BCUT2D eigenvalue weighted by atomic mass is 10.1. The Morgan fingerprint density at radius 3 is 2.79 bits per heavy atom. The highest BCUT2D eigenvalue weighted by Crippen LogP contribution is 2.16. The number of nitrogens with zero attached hydrogens (tertiary/aromatic N) is 2. The molecule has 100 valence electrons. The van der Waals surface area contributed by atoms with E-state index in [9.17, 15) is 0 Å². The SMILES string of the molecule is C=CCn1ccnc1Nc1ccc(CCCC)cc1. The zero-order valence-electron chi connectivity index (χ0n) is 11.5. The number of aromatic nitrogens is 2. The van der Waals surface area contributed by atoms with Gasteiger partial charge < -0.3 is 9.88 Å². The monoisotopic (exact) mass is 255 g/mol. The molecule has 2 aromatic rings. The number of rotatable bonds is 7. The molecule has 0 spiro atoms. The number of hydrogen-bond acceptors (Lipinski definition) is 2. The number of unbranched alkanes of at least 4 members (excludes halogenated alkanes) is 1. The maximum Gasteiger partial charge on any atom is 0.207 e. The maximum absolute atomic E-state index is 4.31. The van der Waals surface area contributed by atoms with Crippen LogP contribution in [0.25, 0.3) is 0 Å². The molecule has 0 saturated carbocycles. The first-order valence-electron chi connectivity index (χ1n) is 6.81. The van der Waals surface area contributed by atoms with E-state index in [1.807, 2.05) is 16.8 Å². The Morgan fingerprint density at radius 1 is 1.32 bits per heavy atom. The largest absolute Gasteiger partial charge is 0.326 e.